The van der Waals surface area contributed by atoms with E-state index in [0.29, 0.717) is 6.61 Å². The van der Waals surface area contributed by atoms with E-state index in [-0.39, 0.29) is 17.6 Å². The predicted octanol–water partition coefficient (Wildman–Crippen LogP) is 4.69. The summed E-state index contributed by atoms with van der Waals surface area (Å²) in [6.45, 7) is 6.76. The van der Waals surface area contributed by atoms with Gasteiger partial charge in [-0.3, -0.25) is 13.6 Å². The molecule has 0 spiro atoms. The topological polar surface area (TPSA) is 44.8 Å². The summed E-state index contributed by atoms with van der Waals surface area (Å²) in [5, 5.41) is 0. The van der Waals surface area contributed by atoms with Gasteiger partial charge in [0, 0.05) is 5.41 Å². The highest BCUT2D eigenvalue weighted by Gasteiger charge is 2.58. The Labute approximate surface area is 116 Å². The number of phosphoric acid groups is 1. The molecule has 3 rings (SSSR count). The number of fused-ring (bicyclic) bond motifs is 3. The number of hydrogen-bond acceptors (Lipinski definition) is 4. The van der Waals surface area contributed by atoms with Crippen molar-refractivity contribution >= 4 is 7.82 Å². The Balaban J connectivity index is 1.82. The van der Waals surface area contributed by atoms with Crippen molar-refractivity contribution in [3.8, 4) is 0 Å². The van der Waals surface area contributed by atoms with E-state index in [4.69, 9.17) is 13.6 Å². The van der Waals surface area contributed by atoms with Gasteiger partial charge in [-0.05, 0) is 20.3 Å². The SMILES string of the molecule is CCCCCCCCC12COP(=O)(OC1C)OC2C. The quantitative estimate of drug-likeness (QED) is 0.504. The first kappa shape index (κ1) is 15.5. The van der Waals surface area contributed by atoms with Crippen molar-refractivity contribution in [1.29, 1.82) is 0 Å². The van der Waals surface area contributed by atoms with E-state index in [1.807, 2.05) is 13.8 Å². The maximum Gasteiger partial charge on any atom is 0.475 e. The van der Waals surface area contributed by atoms with Crippen LogP contribution in [0.15, 0.2) is 0 Å². The fraction of sp³-hybridized carbons (Fsp3) is 1.00. The molecule has 19 heavy (non-hydrogen) atoms. The zero-order valence-corrected chi connectivity index (χ0v) is 13.3. The molecule has 3 aliphatic heterocycles. The van der Waals surface area contributed by atoms with Crippen molar-refractivity contribution < 1.29 is 18.1 Å². The second-order valence-electron chi connectivity index (χ2n) is 5.97. The van der Waals surface area contributed by atoms with Crippen LogP contribution in [-0.4, -0.2) is 18.8 Å². The molecule has 0 N–H and O–H groups in total. The van der Waals surface area contributed by atoms with Gasteiger partial charge in [-0.25, -0.2) is 4.57 Å². The zero-order chi connectivity index (χ0) is 13.9. The highest BCUT2D eigenvalue weighted by Crippen LogP contribution is 2.66. The lowest BCUT2D eigenvalue weighted by Gasteiger charge is -2.52. The monoisotopic (exact) mass is 290 g/mol. The highest BCUT2D eigenvalue weighted by atomic mass is 31.2. The third kappa shape index (κ3) is 3.24. The minimum absolute atomic E-state index is 0.0357. The van der Waals surface area contributed by atoms with Crippen LogP contribution < -0.4 is 0 Å². The van der Waals surface area contributed by atoms with Crippen LogP contribution in [0.1, 0.15) is 65.7 Å². The zero-order valence-electron chi connectivity index (χ0n) is 12.4. The summed E-state index contributed by atoms with van der Waals surface area (Å²) in [5.41, 5.74) is -0.114. The van der Waals surface area contributed by atoms with E-state index in [1.165, 1.54) is 38.5 Å². The van der Waals surface area contributed by atoms with Gasteiger partial charge in [0.15, 0.2) is 0 Å². The number of unbranched alkanes of at least 4 members (excludes halogenated alkanes) is 5. The lowest BCUT2D eigenvalue weighted by atomic mass is 9.74. The molecule has 0 aromatic rings. The maximum atomic E-state index is 12.0. The van der Waals surface area contributed by atoms with Crippen molar-refractivity contribution in [3.63, 3.8) is 0 Å². The molecule has 0 amide bonds. The van der Waals surface area contributed by atoms with Crippen LogP contribution in [0, 0.1) is 5.41 Å². The molecule has 3 fully saturated rings. The summed E-state index contributed by atoms with van der Waals surface area (Å²) < 4.78 is 28.2. The standard InChI is InChI=1S/C14H27O4P/c1-4-5-6-7-8-9-10-14-11-16-19(15,17-12(14)2)18-13(14)3/h12-13H,4-11H2,1-3H3. The number of rotatable bonds is 7. The summed E-state index contributed by atoms with van der Waals surface area (Å²) >= 11 is 0. The fourth-order valence-electron chi connectivity index (χ4n) is 3.16. The van der Waals surface area contributed by atoms with Crippen LogP contribution in [-0.2, 0) is 18.1 Å². The van der Waals surface area contributed by atoms with Crippen LogP contribution >= 0.6 is 7.82 Å². The molecule has 0 aromatic heterocycles. The van der Waals surface area contributed by atoms with Crippen molar-refractivity contribution in [2.45, 2.75) is 77.9 Å². The van der Waals surface area contributed by atoms with E-state index < -0.39 is 7.82 Å². The van der Waals surface area contributed by atoms with Gasteiger partial charge in [-0.15, -0.1) is 0 Å². The van der Waals surface area contributed by atoms with Crippen LogP contribution in [0.5, 0.6) is 0 Å². The van der Waals surface area contributed by atoms with E-state index in [0.717, 1.165) is 6.42 Å². The summed E-state index contributed by atoms with van der Waals surface area (Å²) in [7, 11) is -3.24. The van der Waals surface area contributed by atoms with E-state index in [1.54, 1.807) is 0 Å². The number of hydrogen-bond donors (Lipinski definition) is 0. The minimum Gasteiger partial charge on any atom is -0.286 e. The summed E-state index contributed by atoms with van der Waals surface area (Å²) in [6, 6.07) is 0. The molecular formula is C14H27O4P. The molecule has 0 aliphatic carbocycles. The maximum absolute atomic E-state index is 12.0. The predicted molar refractivity (Wildman–Crippen MR) is 75.1 cm³/mol. The smallest absolute Gasteiger partial charge is 0.286 e. The average molecular weight is 290 g/mol. The molecule has 3 aliphatic rings. The molecule has 3 heterocycles. The van der Waals surface area contributed by atoms with Crippen molar-refractivity contribution in [1.82, 2.24) is 0 Å². The highest BCUT2D eigenvalue weighted by molar-refractivity contribution is 7.48. The second kappa shape index (κ2) is 6.26. The Bertz CT molecular complexity index is 328. The Kier molecular flexibility index (Phi) is 5.10. The molecule has 2 unspecified atom stereocenters. The Hall–Kier alpha value is 0.110. The lowest BCUT2D eigenvalue weighted by Crippen LogP contribution is -2.54. The molecule has 2 atom stereocenters. The van der Waals surface area contributed by atoms with Crippen molar-refractivity contribution in [2.24, 2.45) is 5.41 Å². The van der Waals surface area contributed by atoms with E-state index in [2.05, 4.69) is 6.92 Å². The Morgan fingerprint density at radius 2 is 1.63 bits per heavy atom. The molecule has 0 saturated carbocycles. The van der Waals surface area contributed by atoms with Crippen LogP contribution in [0.2, 0.25) is 0 Å². The Morgan fingerprint density at radius 1 is 1.05 bits per heavy atom. The second-order valence-corrected chi connectivity index (χ2v) is 7.54. The summed E-state index contributed by atoms with van der Waals surface area (Å²) in [4.78, 5) is 0. The van der Waals surface area contributed by atoms with Crippen molar-refractivity contribution in [2.75, 3.05) is 6.61 Å². The van der Waals surface area contributed by atoms with Gasteiger partial charge in [0.1, 0.15) is 0 Å². The van der Waals surface area contributed by atoms with Gasteiger partial charge in [0.25, 0.3) is 0 Å². The molecule has 2 bridgehead atoms. The normalized spacial score (nSPS) is 41.6. The third-order valence-electron chi connectivity index (χ3n) is 4.68. The summed E-state index contributed by atoms with van der Waals surface area (Å²) in [6.07, 6.45) is 8.61. The first-order valence-corrected chi connectivity index (χ1v) is 9.10. The Morgan fingerprint density at radius 3 is 2.21 bits per heavy atom. The van der Waals surface area contributed by atoms with Crippen LogP contribution in [0.3, 0.4) is 0 Å². The van der Waals surface area contributed by atoms with Gasteiger partial charge in [0.05, 0.1) is 18.8 Å². The average Bonchev–Trinajstić information content (AvgIpc) is 2.35. The fourth-order valence-corrected chi connectivity index (χ4v) is 4.92. The summed E-state index contributed by atoms with van der Waals surface area (Å²) in [5.74, 6) is 0. The van der Waals surface area contributed by atoms with Gasteiger partial charge in [-0.2, -0.15) is 0 Å². The number of phosphoric ester groups is 1. The van der Waals surface area contributed by atoms with E-state index >= 15 is 0 Å². The third-order valence-corrected chi connectivity index (χ3v) is 6.28. The molecule has 3 saturated heterocycles. The van der Waals surface area contributed by atoms with Crippen molar-refractivity contribution in [3.05, 3.63) is 0 Å². The van der Waals surface area contributed by atoms with E-state index in [9.17, 15) is 4.57 Å². The van der Waals surface area contributed by atoms with Crippen LogP contribution in [0.4, 0.5) is 0 Å². The molecule has 0 aromatic carbocycles. The first-order valence-electron chi connectivity index (χ1n) is 7.64. The molecule has 4 nitrogen and oxygen atoms in total. The lowest BCUT2D eigenvalue weighted by molar-refractivity contribution is -0.171. The molecule has 5 heteroatoms. The molecule has 112 valence electrons. The van der Waals surface area contributed by atoms with Gasteiger partial charge < -0.3 is 0 Å². The van der Waals surface area contributed by atoms with Gasteiger partial charge in [-0.1, -0.05) is 45.4 Å². The molecular weight excluding hydrogens is 263 g/mol. The van der Waals surface area contributed by atoms with Gasteiger partial charge in [0.2, 0.25) is 0 Å². The molecule has 0 radical (unpaired) electrons. The minimum atomic E-state index is -3.24. The van der Waals surface area contributed by atoms with Gasteiger partial charge >= 0.3 is 7.82 Å². The largest absolute Gasteiger partial charge is 0.475 e. The van der Waals surface area contributed by atoms with Crippen LogP contribution in [0.25, 0.3) is 0 Å². The first-order chi connectivity index (χ1) is 9.02.